The second-order valence-electron chi connectivity index (χ2n) is 4.50. The molecule has 1 aromatic carbocycles. The summed E-state index contributed by atoms with van der Waals surface area (Å²) in [5, 5.41) is 9.13. The fourth-order valence-electron chi connectivity index (χ4n) is 1.93. The summed E-state index contributed by atoms with van der Waals surface area (Å²) in [7, 11) is 0. The van der Waals surface area contributed by atoms with Gasteiger partial charge in [0.1, 0.15) is 0 Å². The zero-order valence-electron chi connectivity index (χ0n) is 10.2. The number of halogens is 2. The maximum Gasteiger partial charge on any atom is 0.255 e. The van der Waals surface area contributed by atoms with E-state index in [1.165, 1.54) is 12.1 Å². The first kappa shape index (κ1) is 14.0. The third kappa shape index (κ3) is 3.12. The summed E-state index contributed by atoms with van der Waals surface area (Å²) < 4.78 is 0. The van der Waals surface area contributed by atoms with Crippen LogP contribution in [-0.2, 0) is 0 Å². The van der Waals surface area contributed by atoms with Crippen LogP contribution in [0.25, 0.3) is 0 Å². The van der Waals surface area contributed by atoms with Crippen LogP contribution < -0.4 is 5.73 Å². The van der Waals surface area contributed by atoms with Crippen LogP contribution in [0.15, 0.2) is 12.1 Å². The fraction of sp³-hybridized carbons (Fsp3) is 0.385. The van der Waals surface area contributed by atoms with Crippen molar-refractivity contribution in [2.75, 3.05) is 12.3 Å². The van der Waals surface area contributed by atoms with Gasteiger partial charge < -0.3 is 10.6 Å². The fourth-order valence-corrected chi connectivity index (χ4v) is 2.34. The van der Waals surface area contributed by atoms with Crippen LogP contribution in [0.3, 0.4) is 0 Å². The minimum Gasteiger partial charge on any atom is -0.399 e. The average molecular weight is 298 g/mol. The molecule has 0 aromatic heterocycles. The number of carbonyl (C=O) groups is 1. The van der Waals surface area contributed by atoms with E-state index in [2.05, 4.69) is 0 Å². The lowest BCUT2D eigenvalue weighted by molar-refractivity contribution is 0.0747. The highest BCUT2D eigenvalue weighted by Gasteiger charge is 2.33. The van der Waals surface area contributed by atoms with Crippen molar-refractivity contribution in [2.24, 2.45) is 0 Å². The molecule has 1 aromatic rings. The van der Waals surface area contributed by atoms with Gasteiger partial charge in [0.15, 0.2) is 0 Å². The van der Waals surface area contributed by atoms with Gasteiger partial charge in [-0.1, -0.05) is 23.2 Å². The number of nitrogens with zero attached hydrogens (tertiary/aromatic N) is 2. The van der Waals surface area contributed by atoms with Gasteiger partial charge in [0.2, 0.25) is 0 Å². The van der Waals surface area contributed by atoms with Gasteiger partial charge in [-0.2, -0.15) is 5.26 Å². The van der Waals surface area contributed by atoms with Crippen molar-refractivity contribution in [3.05, 3.63) is 27.7 Å². The molecule has 6 heteroatoms. The van der Waals surface area contributed by atoms with Gasteiger partial charge in [-0.05, 0) is 25.0 Å². The van der Waals surface area contributed by atoms with Gasteiger partial charge in [-0.3, -0.25) is 4.79 Å². The molecule has 0 saturated heterocycles. The van der Waals surface area contributed by atoms with Crippen LogP contribution in [0.1, 0.15) is 29.6 Å². The Morgan fingerprint density at radius 2 is 2.16 bits per heavy atom. The van der Waals surface area contributed by atoms with Crippen molar-refractivity contribution in [1.29, 1.82) is 5.26 Å². The maximum atomic E-state index is 12.5. The number of amides is 1. The van der Waals surface area contributed by atoms with E-state index in [-0.39, 0.29) is 22.0 Å². The number of nitrogens with two attached hydrogens (primary N) is 1. The van der Waals surface area contributed by atoms with Crippen molar-refractivity contribution < 1.29 is 4.79 Å². The minimum absolute atomic E-state index is 0.206. The smallest absolute Gasteiger partial charge is 0.255 e. The molecule has 1 aliphatic carbocycles. The molecule has 19 heavy (non-hydrogen) atoms. The van der Waals surface area contributed by atoms with Gasteiger partial charge in [0.25, 0.3) is 5.91 Å². The van der Waals surface area contributed by atoms with Gasteiger partial charge in [-0.15, -0.1) is 0 Å². The van der Waals surface area contributed by atoms with Crippen LogP contribution in [0.5, 0.6) is 0 Å². The highest BCUT2D eigenvalue weighted by Crippen LogP contribution is 2.33. The molecule has 2 rings (SSSR count). The monoisotopic (exact) mass is 297 g/mol. The van der Waals surface area contributed by atoms with Crippen molar-refractivity contribution in [3.8, 4) is 6.07 Å². The number of rotatable bonds is 4. The predicted octanol–water partition coefficient (Wildman–Crippen LogP) is 3.09. The van der Waals surface area contributed by atoms with Gasteiger partial charge in [0.05, 0.1) is 28.1 Å². The molecule has 1 saturated carbocycles. The van der Waals surface area contributed by atoms with Crippen LogP contribution in [0.2, 0.25) is 10.0 Å². The largest absolute Gasteiger partial charge is 0.399 e. The lowest BCUT2D eigenvalue weighted by atomic mass is 10.1. The second kappa shape index (κ2) is 5.68. The van der Waals surface area contributed by atoms with Gasteiger partial charge in [0, 0.05) is 18.3 Å². The zero-order valence-corrected chi connectivity index (χ0v) is 11.7. The average Bonchev–Trinajstić information content (AvgIpc) is 3.18. The molecule has 100 valence electrons. The first-order valence-corrected chi connectivity index (χ1v) is 6.72. The molecule has 0 heterocycles. The molecule has 0 radical (unpaired) electrons. The molecule has 1 fully saturated rings. The Balaban J connectivity index is 2.29. The van der Waals surface area contributed by atoms with Crippen LogP contribution >= 0.6 is 23.2 Å². The quantitative estimate of drug-likeness (QED) is 0.868. The standard InChI is InChI=1S/C13H13Cl2N3O/c14-11-7-8(17)6-10(12(11)15)13(19)18(5-1-4-16)9-2-3-9/h6-7,9H,1-3,5,17H2. The molecule has 0 spiro atoms. The van der Waals surface area contributed by atoms with E-state index in [4.69, 9.17) is 34.2 Å². The Kier molecular flexibility index (Phi) is 4.18. The van der Waals surface area contributed by atoms with E-state index >= 15 is 0 Å². The van der Waals surface area contributed by atoms with Crippen LogP contribution in [-0.4, -0.2) is 23.4 Å². The lowest BCUT2D eigenvalue weighted by Gasteiger charge is -2.22. The summed E-state index contributed by atoms with van der Waals surface area (Å²) in [6.45, 7) is 0.406. The maximum absolute atomic E-state index is 12.5. The Morgan fingerprint density at radius 1 is 1.47 bits per heavy atom. The van der Waals surface area contributed by atoms with E-state index in [0.717, 1.165) is 12.8 Å². The predicted molar refractivity (Wildman–Crippen MR) is 75.2 cm³/mol. The molecule has 0 atom stereocenters. The van der Waals surface area contributed by atoms with E-state index in [9.17, 15) is 4.79 Å². The number of hydrogen-bond donors (Lipinski definition) is 1. The Hall–Kier alpha value is -1.44. The molecule has 2 N–H and O–H groups in total. The minimum atomic E-state index is -0.211. The second-order valence-corrected chi connectivity index (χ2v) is 5.29. The third-order valence-corrected chi connectivity index (χ3v) is 3.80. The van der Waals surface area contributed by atoms with Crippen LogP contribution in [0.4, 0.5) is 5.69 Å². The number of nitrogen functional groups attached to an aromatic ring is 1. The highest BCUT2D eigenvalue weighted by atomic mass is 35.5. The molecule has 0 unspecified atom stereocenters. The topological polar surface area (TPSA) is 70.1 Å². The van der Waals surface area contributed by atoms with E-state index in [1.54, 1.807) is 4.90 Å². The summed E-state index contributed by atoms with van der Waals surface area (Å²) in [6.07, 6.45) is 2.23. The number of benzene rings is 1. The van der Waals surface area contributed by atoms with E-state index in [1.807, 2.05) is 6.07 Å². The SMILES string of the molecule is N#CCCN(C(=O)c1cc(N)cc(Cl)c1Cl)C1CC1. The molecular weight excluding hydrogens is 285 g/mol. The Morgan fingerprint density at radius 3 is 2.74 bits per heavy atom. The van der Waals surface area contributed by atoms with Crippen molar-refractivity contribution in [2.45, 2.75) is 25.3 Å². The number of hydrogen-bond acceptors (Lipinski definition) is 3. The summed E-state index contributed by atoms with van der Waals surface area (Å²) in [5.41, 5.74) is 6.39. The molecule has 1 amide bonds. The van der Waals surface area contributed by atoms with Gasteiger partial charge >= 0.3 is 0 Å². The Labute approximate surface area is 121 Å². The molecule has 4 nitrogen and oxygen atoms in total. The lowest BCUT2D eigenvalue weighted by Crippen LogP contribution is -2.34. The van der Waals surface area contributed by atoms with Crippen molar-refractivity contribution in [1.82, 2.24) is 4.90 Å². The van der Waals surface area contributed by atoms with Gasteiger partial charge in [-0.25, -0.2) is 0 Å². The number of anilines is 1. The number of carbonyl (C=O) groups excluding carboxylic acids is 1. The molecule has 1 aliphatic rings. The summed E-state index contributed by atoms with van der Waals surface area (Å²) in [4.78, 5) is 14.2. The van der Waals surface area contributed by atoms with Crippen LogP contribution in [0, 0.1) is 11.3 Å². The molecular formula is C13H13Cl2N3O. The number of nitriles is 1. The van der Waals surface area contributed by atoms with Crippen molar-refractivity contribution in [3.63, 3.8) is 0 Å². The highest BCUT2D eigenvalue weighted by molar-refractivity contribution is 6.44. The third-order valence-electron chi connectivity index (χ3n) is 2.99. The summed E-state index contributed by atoms with van der Waals surface area (Å²) in [5.74, 6) is -0.211. The summed E-state index contributed by atoms with van der Waals surface area (Å²) in [6, 6.07) is 5.29. The molecule has 0 bridgehead atoms. The summed E-state index contributed by atoms with van der Waals surface area (Å²) >= 11 is 12.0. The van der Waals surface area contributed by atoms with E-state index in [0.29, 0.717) is 24.2 Å². The zero-order chi connectivity index (χ0) is 14.0. The Bertz CT molecular complexity index is 550. The van der Waals surface area contributed by atoms with E-state index < -0.39 is 0 Å². The van der Waals surface area contributed by atoms with Crippen molar-refractivity contribution >= 4 is 34.8 Å². The normalized spacial score (nSPS) is 13.9. The molecule has 0 aliphatic heterocycles. The first-order chi connectivity index (χ1) is 9.04. The first-order valence-electron chi connectivity index (χ1n) is 5.97.